The summed E-state index contributed by atoms with van der Waals surface area (Å²) in [6, 6.07) is 2.00. The summed E-state index contributed by atoms with van der Waals surface area (Å²) < 4.78 is 25.6. The van der Waals surface area contributed by atoms with Crippen molar-refractivity contribution in [2.75, 3.05) is 11.5 Å². The first-order valence-corrected chi connectivity index (χ1v) is 11.1. The summed E-state index contributed by atoms with van der Waals surface area (Å²) in [5, 5.41) is 8.44. The van der Waals surface area contributed by atoms with Crippen molar-refractivity contribution in [1.29, 1.82) is 0 Å². The lowest BCUT2D eigenvalue weighted by atomic mass is 10.1. The number of nitrogens with one attached hydrogen (secondary N) is 1. The third-order valence-corrected chi connectivity index (χ3v) is 7.31. The first kappa shape index (κ1) is 16.2. The minimum atomic E-state index is -3.02. The molecule has 0 aromatic carbocycles. The summed E-state index contributed by atoms with van der Waals surface area (Å²) in [5.74, 6) is 0.628. The van der Waals surface area contributed by atoms with E-state index in [1.165, 1.54) is 0 Å². The maximum absolute atomic E-state index is 12.8. The molecule has 5 rings (SSSR count). The number of pyridine rings is 1. The topological polar surface area (TPSA) is 93.9 Å². The van der Waals surface area contributed by atoms with Crippen LogP contribution in [0.15, 0.2) is 6.07 Å². The molecule has 2 aromatic rings. The average Bonchev–Trinajstić information content (AvgIpc) is 3.50. The van der Waals surface area contributed by atoms with Crippen molar-refractivity contribution in [3.05, 3.63) is 23.0 Å². The van der Waals surface area contributed by atoms with Crippen LogP contribution >= 0.6 is 0 Å². The van der Waals surface area contributed by atoms with Crippen LogP contribution in [0.25, 0.3) is 11.0 Å². The van der Waals surface area contributed by atoms with E-state index in [4.69, 9.17) is 4.98 Å². The van der Waals surface area contributed by atoms with Gasteiger partial charge in [-0.25, -0.2) is 18.1 Å². The van der Waals surface area contributed by atoms with Crippen LogP contribution in [-0.2, 0) is 9.84 Å². The first-order valence-electron chi connectivity index (χ1n) is 9.32. The Bertz CT molecular complexity index is 1020. The average molecular weight is 374 g/mol. The van der Waals surface area contributed by atoms with Gasteiger partial charge in [0.25, 0.3) is 5.91 Å². The summed E-state index contributed by atoms with van der Waals surface area (Å²) >= 11 is 0. The minimum Gasteiger partial charge on any atom is -0.349 e. The van der Waals surface area contributed by atoms with Crippen molar-refractivity contribution >= 4 is 26.8 Å². The number of amides is 1. The number of aryl methyl sites for hydroxylation is 1. The summed E-state index contributed by atoms with van der Waals surface area (Å²) in [6.45, 7) is 1.87. The van der Waals surface area contributed by atoms with Gasteiger partial charge in [0.05, 0.1) is 34.2 Å². The Balaban J connectivity index is 1.65. The lowest BCUT2D eigenvalue weighted by Gasteiger charge is -2.12. The molecule has 2 aromatic heterocycles. The van der Waals surface area contributed by atoms with Crippen LogP contribution in [0.5, 0.6) is 0 Å². The molecular weight excluding hydrogens is 352 g/mol. The second-order valence-corrected chi connectivity index (χ2v) is 10.1. The first-order chi connectivity index (χ1) is 12.4. The van der Waals surface area contributed by atoms with Gasteiger partial charge in [0, 0.05) is 17.7 Å². The molecule has 1 N–H and O–H groups in total. The van der Waals surface area contributed by atoms with Crippen molar-refractivity contribution in [3.63, 3.8) is 0 Å². The number of nitrogens with zero attached hydrogens (tertiary/aromatic N) is 3. The molecule has 0 spiro atoms. The molecule has 1 aliphatic heterocycles. The molecule has 3 aliphatic rings. The van der Waals surface area contributed by atoms with Gasteiger partial charge in [-0.2, -0.15) is 5.10 Å². The number of aromatic nitrogens is 3. The number of hydrogen-bond donors (Lipinski definition) is 1. The summed E-state index contributed by atoms with van der Waals surface area (Å²) in [6.07, 6.45) is 4.80. The Morgan fingerprint density at radius 3 is 2.62 bits per heavy atom. The van der Waals surface area contributed by atoms with Crippen molar-refractivity contribution in [2.24, 2.45) is 0 Å². The zero-order valence-electron chi connectivity index (χ0n) is 14.7. The number of fused-ring (bicyclic) bond motifs is 1. The normalized spacial score (nSPS) is 24.9. The zero-order chi connectivity index (χ0) is 18.1. The summed E-state index contributed by atoms with van der Waals surface area (Å²) in [7, 11) is -3.02. The van der Waals surface area contributed by atoms with E-state index in [0.29, 0.717) is 23.5 Å². The number of sulfone groups is 1. The van der Waals surface area contributed by atoms with Crippen LogP contribution in [0.2, 0.25) is 0 Å². The zero-order valence-corrected chi connectivity index (χ0v) is 15.6. The fraction of sp³-hybridized carbons (Fsp3) is 0.611. The summed E-state index contributed by atoms with van der Waals surface area (Å²) in [5.41, 5.74) is 2.96. The van der Waals surface area contributed by atoms with Gasteiger partial charge in [0.15, 0.2) is 15.5 Å². The van der Waals surface area contributed by atoms with Gasteiger partial charge in [-0.3, -0.25) is 4.79 Å². The molecule has 3 fully saturated rings. The Hall–Kier alpha value is -1.96. The molecule has 1 atom stereocenters. The highest BCUT2D eigenvalue weighted by atomic mass is 32.2. The molecule has 26 heavy (non-hydrogen) atoms. The fourth-order valence-electron chi connectivity index (χ4n) is 3.81. The Labute approximate surface area is 152 Å². The lowest BCUT2D eigenvalue weighted by Crippen LogP contribution is -2.26. The molecule has 2 aliphatic carbocycles. The predicted octanol–water partition coefficient (Wildman–Crippen LogP) is 1.87. The Morgan fingerprint density at radius 1 is 1.23 bits per heavy atom. The molecule has 1 saturated heterocycles. The number of rotatable bonds is 4. The van der Waals surface area contributed by atoms with Crippen molar-refractivity contribution in [2.45, 2.75) is 57.0 Å². The maximum Gasteiger partial charge on any atom is 0.252 e. The second kappa shape index (κ2) is 5.52. The van der Waals surface area contributed by atoms with Gasteiger partial charge in [-0.15, -0.1) is 0 Å². The maximum atomic E-state index is 12.8. The highest BCUT2D eigenvalue weighted by molar-refractivity contribution is 7.91. The SMILES string of the molecule is Cc1nn([C@H]2CCS(=O)(=O)C2)c2nc(C3CC3)cc(C(=O)NC3CC3)c12. The molecular formula is C18H22N4O3S. The number of carbonyl (C=O) groups is 1. The molecule has 0 radical (unpaired) electrons. The minimum absolute atomic E-state index is 0.0662. The van der Waals surface area contributed by atoms with Crippen molar-refractivity contribution in [1.82, 2.24) is 20.1 Å². The number of carbonyl (C=O) groups excluding carboxylic acids is 1. The van der Waals surface area contributed by atoms with Crippen LogP contribution < -0.4 is 5.32 Å². The molecule has 3 heterocycles. The largest absolute Gasteiger partial charge is 0.349 e. The van der Waals surface area contributed by atoms with E-state index in [1.54, 1.807) is 4.68 Å². The van der Waals surface area contributed by atoms with E-state index in [0.717, 1.165) is 42.5 Å². The van der Waals surface area contributed by atoms with E-state index >= 15 is 0 Å². The monoisotopic (exact) mass is 374 g/mol. The highest BCUT2D eigenvalue weighted by Gasteiger charge is 2.34. The molecule has 1 amide bonds. The van der Waals surface area contributed by atoms with Crippen LogP contribution in [0.4, 0.5) is 0 Å². The van der Waals surface area contributed by atoms with Crippen molar-refractivity contribution < 1.29 is 13.2 Å². The van der Waals surface area contributed by atoms with E-state index in [-0.39, 0.29) is 29.5 Å². The molecule has 8 heteroatoms. The van der Waals surface area contributed by atoms with Crippen LogP contribution in [-0.4, -0.2) is 46.6 Å². The van der Waals surface area contributed by atoms with Crippen LogP contribution in [0, 0.1) is 6.92 Å². The quantitative estimate of drug-likeness (QED) is 0.882. The second-order valence-electron chi connectivity index (χ2n) is 7.90. The van der Waals surface area contributed by atoms with Crippen molar-refractivity contribution in [3.8, 4) is 0 Å². The molecule has 2 saturated carbocycles. The third-order valence-electron chi connectivity index (χ3n) is 5.56. The molecule has 7 nitrogen and oxygen atoms in total. The van der Waals surface area contributed by atoms with Gasteiger partial charge in [-0.05, 0) is 45.1 Å². The van der Waals surface area contributed by atoms with Gasteiger partial charge in [0.1, 0.15) is 0 Å². The smallest absolute Gasteiger partial charge is 0.252 e. The predicted molar refractivity (Wildman–Crippen MR) is 97.0 cm³/mol. The molecule has 138 valence electrons. The van der Waals surface area contributed by atoms with Gasteiger partial charge >= 0.3 is 0 Å². The van der Waals surface area contributed by atoms with E-state index < -0.39 is 9.84 Å². The van der Waals surface area contributed by atoms with Crippen LogP contribution in [0.3, 0.4) is 0 Å². The van der Waals surface area contributed by atoms with E-state index in [2.05, 4.69) is 10.4 Å². The summed E-state index contributed by atoms with van der Waals surface area (Å²) in [4.78, 5) is 17.6. The third kappa shape index (κ3) is 2.80. The van der Waals surface area contributed by atoms with Gasteiger partial charge in [0.2, 0.25) is 0 Å². The standard InChI is InChI=1S/C18H22N4O3S/c1-10-16-14(18(23)19-12-4-5-12)8-15(11-2-3-11)20-17(16)22(21-10)13-6-7-26(24,25)9-13/h8,11-13H,2-7,9H2,1H3,(H,19,23)/t13-/m0/s1. The molecule has 0 bridgehead atoms. The molecule has 0 unspecified atom stereocenters. The highest BCUT2D eigenvalue weighted by Crippen LogP contribution is 2.41. The Kier molecular flexibility index (Phi) is 3.44. The fourth-order valence-corrected chi connectivity index (χ4v) is 5.51. The van der Waals surface area contributed by atoms with Gasteiger partial charge in [-0.1, -0.05) is 0 Å². The van der Waals surface area contributed by atoms with E-state index in [1.807, 2.05) is 13.0 Å². The van der Waals surface area contributed by atoms with Gasteiger partial charge < -0.3 is 5.32 Å². The Morgan fingerprint density at radius 2 is 2.00 bits per heavy atom. The lowest BCUT2D eigenvalue weighted by molar-refractivity contribution is 0.0952. The number of hydrogen-bond acceptors (Lipinski definition) is 5. The van der Waals surface area contributed by atoms with Crippen LogP contribution in [0.1, 0.15) is 65.8 Å². The van der Waals surface area contributed by atoms with E-state index in [9.17, 15) is 13.2 Å².